The minimum Gasteiger partial charge on any atom is -0.466 e. The van der Waals surface area contributed by atoms with Crippen molar-refractivity contribution in [3.63, 3.8) is 0 Å². The Balaban J connectivity index is 1.53. The van der Waals surface area contributed by atoms with E-state index >= 15 is 0 Å². The quantitative estimate of drug-likeness (QED) is 0.157. The number of carbonyl (C=O) groups excluding carboxylic acids is 2. The van der Waals surface area contributed by atoms with Gasteiger partial charge in [0, 0.05) is 38.0 Å². The molecule has 0 spiro atoms. The summed E-state index contributed by atoms with van der Waals surface area (Å²) in [5.74, 6) is -0.0988. The molecule has 5 rings (SSSR count). The van der Waals surface area contributed by atoms with Gasteiger partial charge in [-0.2, -0.15) is 0 Å². The maximum atomic E-state index is 13.3. The molecule has 7 nitrogen and oxygen atoms in total. The number of ether oxygens (including phenoxy) is 1. The number of rotatable bonds is 10. The summed E-state index contributed by atoms with van der Waals surface area (Å²) in [4.78, 5) is 27.5. The Hall–Kier alpha value is -4.36. The molecule has 1 aliphatic rings. The predicted molar refractivity (Wildman–Crippen MR) is 154 cm³/mol. The van der Waals surface area contributed by atoms with E-state index in [0.717, 1.165) is 22.4 Å². The van der Waals surface area contributed by atoms with Crippen molar-refractivity contribution in [3.8, 4) is 0 Å². The first kappa shape index (κ1) is 27.2. The molecule has 0 bridgehead atoms. The molecule has 40 heavy (non-hydrogen) atoms. The highest BCUT2D eigenvalue weighted by Gasteiger charge is 2.44. The number of hydrogen-bond donors (Lipinski definition) is 0. The molecule has 1 saturated heterocycles. The first-order valence-electron chi connectivity index (χ1n) is 13.8. The van der Waals surface area contributed by atoms with Crippen LogP contribution >= 0.6 is 0 Å². The molecule has 2 heterocycles. The molecule has 0 saturated carbocycles. The van der Waals surface area contributed by atoms with Crippen LogP contribution in [0.25, 0.3) is 6.08 Å². The number of ketones is 1. The highest BCUT2D eigenvalue weighted by Crippen LogP contribution is 2.44. The average Bonchev–Trinajstić information content (AvgIpc) is 3.43. The number of aromatic nitrogens is 3. The minimum atomic E-state index is -0.596. The third-order valence-electron chi connectivity index (χ3n) is 7.40. The summed E-state index contributed by atoms with van der Waals surface area (Å²) in [6.45, 7) is 3.76. The summed E-state index contributed by atoms with van der Waals surface area (Å²) >= 11 is 0. The number of hydrogen-bond acceptors (Lipinski definition) is 6. The van der Waals surface area contributed by atoms with E-state index in [9.17, 15) is 9.59 Å². The van der Waals surface area contributed by atoms with Crippen LogP contribution in [0.15, 0.2) is 103 Å². The molecule has 0 atom stereocenters. The summed E-state index contributed by atoms with van der Waals surface area (Å²) in [6, 6.07) is 31.5. The van der Waals surface area contributed by atoms with Gasteiger partial charge >= 0.3 is 5.97 Å². The van der Waals surface area contributed by atoms with E-state index in [0.29, 0.717) is 51.1 Å². The van der Waals surface area contributed by atoms with Gasteiger partial charge in [-0.3, -0.25) is 14.5 Å². The highest BCUT2D eigenvalue weighted by atomic mass is 16.5. The largest absolute Gasteiger partial charge is 0.466 e. The Morgan fingerprint density at radius 2 is 1.50 bits per heavy atom. The number of esters is 1. The van der Waals surface area contributed by atoms with Crippen molar-refractivity contribution in [2.75, 3.05) is 19.7 Å². The maximum absolute atomic E-state index is 13.3. The first-order chi connectivity index (χ1) is 19.6. The number of piperidine rings is 1. The molecule has 0 unspecified atom stereocenters. The van der Waals surface area contributed by atoms with Crippen LogP contribution in [0.2, 0.25) is 0 Å². The third kappa shape index (κ3) is 5.65. The third-order valence-corrected chi connectivity index (χ3v) is 7.40. The van der Waals surface area contributed by atoms with Gasteiger partial charge in [0.1, 0.15) is 0 Å². The normalized spacial score (nSPS) is 15.3. The molecule has 7 heteroatoms. The van der Waals surface area contributed by atoms with Crippen LogP contribution in [0.1, 0.15) is 48.6 Å². The molecule has 3 aromatic carbocycles. The van der Waals surface area contributed by atoms with E-state index in [2.05, 4.69) is 88.0 Å². The second-order valence-corrected chi connectivity index (χ2v) is 9.86. The van der Waals surface area contributed by atoms with E-state index in [1.165, 1.54) is 0 Å². The minimum absolute atomic E-state index is 0.124. The monoisotopic (exact) mass is 534 g/mol. The molecule has 204 valence electrons. The Labute approximate surface area is 235 Å². The molecular formula is C33H34N4O3. The van der Waals surface area contributed by atoms with Gasteiger partial charge in [-0.05, 0) is 36.1 Å². The van der Waals surface area contributed by atoms with Gasteiger partial charge in [0.15, 0.2) is 5.78 Å². The second kappa shape index (κ2) is 12.7. The van der Waals surface area contributed by atoms with Crippen molar-refractivity contribution in [2.24, 2.45) is 0 Å². The lowest BCUT2D eigenvalue weighted by Crippen LogP contribution is -2.52. The average molecular weight is 535 g/mol. The highest BCUT2D eigenvalue weighted by molar-refractivity contribution is 6.00. The van der Waals surface area contributed by atoms with Crippen LogP contribution in [-0.2, 0) is 26.4 Å². The van der Waals surface area contributed by atoms with Gasteiger partial charge in [0.25, 0.3) is 0 Å². The van der Waals surface area contributed by atoms with Crippen LogP contribution < -0.4 is 0 Å². The number of likely N-dealkylation sites (tertiary alicyclic amines) is 1. The van der Waals surface area contributed by atoms with Gasteiger partial charge in [-0.1, -0.05) is 96.2 Å². The van der Waals surface area contributed by atoms with Crippen molar-refractivity contribution in [1.82, 2.24) is 19.9 Å². The van der Waals surface area contributed by atoms with Crippen LogP contribution in [0, 0.1) is 0 Å². The number of nitrogens with zero attached hydrogens (tertiary/aromatic N) is 4. The zero-order valence-corrected chi connectivity index (χ0v) is 22.8. The van der Waals surface area contributed by atoms with Crippen LogP contribution in [0.4, 0.5) is 0 Å². The molecule has 0 amide bonds. The van der Waals surface area contributed by atoms with E-state index in [1.54, 1.807) is 17.8 Å². The standard InChI is InChI=1S/C33H34N4O3/c1-2-40-32(39)19-12-21-37-30(24-34-35-37)23-26-25-36(22-20-31(26)38)33(27-13-6-3-7-14-27,28-15-8-4-9-16-28)29-17-10-5-11-18-29/h3-11,13-18,23-24H,2,12,19-22,25H2,1H3/b26-23+. The smallest absolute Gasteiger partial charge is 0.305 e. The van der Waals surface area contributed by atoms with Crippen molar-refractivity contribution >= 4 is 17.8 Å². The van der Waals surface area contributed by atoms with Crippen LogP contribution in [0.3, 0.4) is 0 Å². The van der Waals surface area contributed by atoms with Gasteiger partial charge < -0.3 is 4.74 Å². The maximum Gasteiger partial charge on any atom is 0.305 e. The summed E-state index contributed by atoms with van der Waals surface area (Å²) in [5.41, 5.74) is 4.30. The summed E-state index contributed by atoms with van der Waals surface area (Å²) in [6.07, 6.45) is 4.87. The number of carbonyl (C=O) groups is 2. The van der Waals surface area contributed by atoms with Crippen LogP contribution in [0.5, 0.6) is 0 Å². The van der Waals surface area contributed by atoms with E-state index in [4.69, 9.17) is 4.74 Å². The van der Waals surface area contributed by atoms with Gasteiger partial charge in [0.05, 0.1) is 24.0 Å². The fraction of sp³-hybridized carbons (Fsp3) is 0.273. The summed E-state index contributed by atoms with van der Waals surface area (Å²) in [7, 11) is 0. The van der Waals surface area contributed by atoms with Gasteiger partial charge in [-0.25, -0.2) is 4.68 Å². The van der Waals surface area contributed by atoms with E-state index < -0.39 is 5.54 Å². The molecule has 4 aromatic rings. The fourth-order valence-corrected chi connectivity index (χ4v) is 5.60. The Morgan fingerprint density at radius 1 is 0.925 bits per heavy atom. The summed E-state index contributed by atoms with van der Waals surface area (Å²) < 4.78 is 6.78. The topological polar surface area (TPSA) is 77.3 Å². The molecule has 1 aromatic heterocycles. The SMILES string of the molecule is CCOC(=O)CCCn1nncc1/C=C1\CN(C(c2ccccc2)(c2ccccc2)c2ccccc2)CCC1=O. The van der Waals surface area contributed by atoms with Gasteiger partial charge in [-0.15, -0.1) is 5.10 Å². The first-order valence-corrected chi connectivity index (χ1v) is 13.8. The van der Waals surface area contributed by atoms with Crippen LogP contribution in [-0.4, -0.2) is 51.3 Å². The Morgan fingerprint density at radius 3 is 2.05 bits per heavy atom. The van der Waals surface area contributed by atoms with Crippen molar-refractivity contribution < 1.29 is 14.3 Å². The molecular weight excluding hydrogens is 500 g/mol. The number of Topliss-reactive ketones (excluding diaryl/α,β-unsaturated/α-hetero) is 1. The van der Waals surface area contributed by atoms with E-state index in [-0.39, 0.29) is 11.8 Å². The molecule has 0 N–H and O–H groups in total. The zero-order valence-electron chi connectivity index (χ0n) is 22.8. The van der Waals surface area contributed by atoms with Crippen molar-refractivity contribution in [1.29, 1.82) is 0 Å². The van der Waals surface area contributed by atoms with Crippen molar-refractivity contribution in [3.05, 3.63) is 125 Å². The Bertz CT molecular complexity index is 1350. The van der Waals surface area contributed by atoms with Crippen molar-refractivity contribution in [2.45, 2.75) is 38.3 Å². The molecule has 1 aliphatic heterocycles. The Kier molecular flexibility index (Phi) is 8.62. The van der Waals surface area contributed by atoms with Gasteiger partial charge in [0.2, 0.25) is 0 Å². The lowest BCUT2D eigenvalue weighted by Gasteiger charge is -2.47. The molecule has 0 aliphatic carbocycles. The fourth-order valence-electron chi connectivity index (χ4n) is 5.60. The predicted octanol–water partition coefficient (Wildman–Crippen LogP) is 5.27. The lowest BCUT2D eigenvalue weighted by atomic mass is 9.74. The number of aryl methyl sites for hydroxylation is 1. The molecule has 1 fully saturated rings. The van der Waals surface area contributed by atoms with E-state index in [1.807, 2.05) is 24.3 Å². The second-order valence-electron chi connectivity index (χ2n) is 9.86. The number of benzene rings is 3. The summed E-state index contributed by atoms with van der Waals surface area (Å²) in [5, 5.41) is 8.29. The lowest BCUT2D eigenvalue weighted by molar-refractivity contribution is -0.143. The zero-order chi connectivity index (χ0) is 27.8. The molecule has 0 radical (unpaired) electrons.